The van der Waals surface area contributed by atoms with Crippen LogP contribution in [0.3, 0.4) is 0 Å². The fraction of sp³-hybridized carbons (Fsp3) is 0.0435. The van der Waals surface area contributed by atoms with Crippen LogP contribution < -0.4 is 0 Å². The summed E-state index contributed by atoms with van der Waals surface area (Å²) in [6, 6.07) is 49.1. The summed E-state index contributed by atoms with van der Waals surface area (Å²) in [5, 5.41) is 17.9. The van der Waals surface area contributed by atoms with Gasteiger partial charge in [-0.3, -0.25) is 0 Å². The van der Waals surface area contributed by atoms with Crippen molar-refractivity contribution in [2.75, 3.05) is 0 Å². The number of rotatable bonds is 2. The summed E-state index contributed by atoms with van der Waals surface area (Å²) >= 11 is 0. The van der Waals surface area contributed by atoms with Crippen molar-refractivity contribution in [1.29, 1.82) is 0 Å². The summed E-state index contributed by atoms with van der Waals surface area (Å²) in [7, 11) is 0. The lowest BCUT2D eigenvalue weighted by molar-refractivity contribution is 0.591. The largest absolute Gasteiger partial charge is 0.212 e. The van der Waals surface area contributed by atoms with Crippen molar-refractivity contribution in [1.82, 2.24) is 0 Å². The van der Waals surface area contributed by atoms with E-state index in [1.165, 1.54) is 97.8 Å². The van der Waals surface area contributed by atoms with E-state index in [9.17, 15) is 4.39 Å². The predicted octanol–water partition coefficient (Wildman–Crippen LogP) is 13.2. The Bertz CT molecular complexity index is 2930. The molecule has 0 atom stereocenters. The number of allylic oxidation sites excluding steroid dienone is 1. The van der Waals surface area contributed by atoms with Crippen LogP contribution in [0, 0.1) is 0 Å². The average Bonchev–Trinajstić information content (AvgIpc) is 3.62. The topological polar surface area (TPSA) is 0 Å². The molecule has 0 saturated heterocycles. The van der Waals surface area contributed by atoms with Gasteiger partial charge in [0, 0.05) is 6.42 Å². The Balaban J connectivity index is 1.51. The summed E-state index contributed by atoms with van der Waals surface area (Å²) < 4.78 is 14.8. The first kappa shape index (κ1) is 25.4. The maximum Gasteiger partial charge on any atom is 0.101 e. The molecule has 0 N–H and O–H groups in total. The van der Waals surface area contributed by atoms with Gasteiger partial charge < -0.3 is 0 Å². The summed E-state index contributed by atoms with van der Waals surface area (Å²) in [5.74, 6) is -0.0288. The normalized spacial score (nSPS) is 13.6. The fourth-order valence-electron chi connectivity index (χ4n) is 9.02. The van der Waals surface area contributed by atoms with Crippen LogP contribution in [0.15, 0.2) is 139 Å². The molecule has 0 aliphatic heterocycles. The number of hydrogen-bond acceptors (Lipinski definition) is 0. The van der Waals surface area contributed by atoms with Crippen LogP contribution in [0.4, 0.5) is 4.39 Å². The van der Waals surface area contributed by atoms with Crippen molar-refractivity contribution in [2.24, 2.45) is 0 Å². The molecule has 1 aliphatic carbocycles. The van der Waals surface area contributed by atoms with E-state index < -0.39 is 0 Å². The third kappa shape index (κ3) is 3.26. The first-order valence-corrected chi connectivity index (χ1v) is 16.5. The number of aryl methyl sites for hydroxylation is 1. The Labute approximate surface area is 270 Å². The Kier molecular flexibility index (Phi) is 4.94. The third-order valence-electron chi connectivity index (χ3n) is 10.8. The molecule has 0 nitrogen and oxygen atoms in total. The van der Waals surface area contributed by atoms with Crippen LogP contribution in [0.5, 0.6) is 0 Å². The van der Waals surface area contributed by atoms with Crippen molar-refractivity contribution < 1.29 is 4.39 Å². The predicted molar refractivity (Wildman–Crippen MR) is 200 cm³/mol. The zero-order valence-corrected chi connectivity index (χ0v) is 25.6. The second-order valence-electron chi connectivity index (χ2n) is 13.2. The number of benzene rings is 8. The average molecular weight is 599 g/mol. The van der Waals surface area contributed by atoms with Gasteiger partial charge in [-0.1, -0.05) is 121 Å². The lowest BCUT2D eigenvalue weighted by atomic mass is 9.83. The van der Waals surface area contributed by atoms with E-state index in [2.05, 4.69) is 133 Å². The number of fused-ring (bicyclic) bond motifs is 10. The SMILES string of the molecule is FC1=Cc2c(cc3c4c(-c5ccccc5)c5c(cc6c7ccccc7c7cccc5c76)c(-c5ccccc5)c4c4cccc2c43)CC1. The van der Waals surface area contributed by atoms with E-state index in [4.69, 9.17) is 0 Å². The molecule has 218 valence electrons. The molecule has 10 aromatic carbocycles. The molecule has 47 heavy (non-hydrogen) atoms. The molecule has 1 heteroatoms. The highest BCUT2D eigenvalue weighted by molar-refractivity contribution is 6.45. The van der Waals surface area contributed by atoms with Gasteiger partial charge in [-0.15, -0.1) is 0 Å². The highest BCUT2D eigenvalue weighted by atomic mass is 19.1. The highest BCUT2D eigenvalue weighted by Gasteiger charge is 2.27. The van der Waals surface area contributed by atoms with Crippen molar-refractivity contribution in [3.05, 3.63) is 150 Å². The van der Waals surface area contributed by atoms with E-state index in [-0.39, 0.29) is 5.83 Å². The van der Waals surface area contributed by atoms with Gasteiger partial charge in [0.05, 0.1) is 0 Å². The molecule has 0 bridgehead atoms. The lowest BCUT2D eigenvalue weighted by Crippen LogP contribution is -1.98. The second kappa shape index (κ2) is 9.15. The summed E-state index contributed by atoms with van der Waals surface area (Å²) in [4.78, 5) is 0. The van der Waals surface area contributed by atoms with E-state index in [0.717, 1.165) is 10.9 Å². The number of halogens is 1. The third-order valence-corrected chi connectivity index (χ3v) is 10.8. The molecular formula is C46H27F. The molecular weight excluding hydrogens is 572 g/mol. The molecule has 0 aromatic heterocycles. The monoisotopic (exact) mass is 598 g/mol. The fourth-order valence-corrected chi connectivity index (χ4v) is 9.02. The molecule has 11 rings (SSSR count). The van der Waals surface area contributed by atoms with Gasteiger partial charge in [0.2, 0.25) is 0 Å². The van der Waals surface area contributed by atoms with Gasteiger partial charge in [0.15, 0.2) is 0 Å². The highest BCUT2D eigenvalue weighted by Crippen LogP contribution is 2.55. The van der Waals surface area contributed by atoms with E-state index in [1.807, 2.05) is 0 Å². The Hall–Kier alpha value is -5.79. The van der Waals surface area contributed by atoms with Crippen molar-refractivity contribution in [3.63, 3.8) is 0 Å². The van der Waals surface area contributed by atoms with Crippen molar-refractivity contribution in [2.45, 2.75) is 12.8 Å². The van der Waals surface area contributed by atoms with Crippen LogP contribution in [0.2, 0.25) is 0 Å². The maximum absolute atomic E-state index is 14.8. The van der Waals surface area contributed by atoms with E-state index >= 15 is 0 Å². The van der Waals surface area contributed by atoms with Gasteiger partial charge in [-0.2, -0.15) is 0 Å². The van der Waals surface area contributed by atoms with Gasteiger partial charge in [-0.05, 0) is 133 Å². The van der Waals surface area contributed by atoms with Gasteiger partial charge in [0.1, 0.15) is 5.83 Å². The smallest absolute Gasteiger partial charge is 0.101 e. The van der Waals surface area contributed by atoms with Crippen LogP contribution in [0.1, 0.15) is 17.5 Å². The second-order valence-corrected chi connectivity index (χ2v) is 13.2. The van der Waals surface area contributed by atoms with Gasteiger partial charge in [0.25, 0.3) is 0 Å². The van der Waals surface area contributed by atoms with Crippen LogP contribution >= 0.6 is 0 Å². The minimum atomic E-state index is -0.0288. The van der Waals surface area contributed by atoms with E-state index in [0.29, 0.717) is 12.8 Å². The van der Waals surface area contributed by atoms with Crippen LogP contribution in [0.25, 0.3) is 104 Å². The molecule has 0 unspecified atom stereocenters. The van der Waals surface area contributed by atoms with Gasteiger partial charge in [-0.25, -0.2) is 4.39 Å². The quantitative estimate of drug-likeness (QED) is 0.174. The molecule has 0 amide bonds. The Morgan fingerprint density at radius 2 is 0.915 bits per heavy atom. The molecule has 0 heterocycles. The van der Waals surface area contributed by atoms with Crippen molar-refractivity contribution >= 4 is 81.5 Å². The zero-order chi connectivity index (χ0) is 30.8. The minimum absolute atomic E-state index is 0.0288. The standard InChI is InChI=1S/C46H27F/c47-29-22-21-28-23-38-43-33(36(28)24-29)18-10-20-35(43)45-40(26-11-3-1-4-12-26)39-25-37-31-16-8-7-15-30(31)32-17-9-19-34(42(32)37)44(39)41(46(38)45)27-13-5-2-6-14-27/h1-20,23-25H,21-22H2. The Morgan fingerprint density at radius 1 is 0.362 bits per heavy atom. The van der Waals surface area contributed by atoms with Crippen LogP contribution in [-0.2, 0) is 6.42 Å². The molecule has 1 aliphatic rings. The molecule has 0 radical (unpaired) electrons. The first-order chi connectivity index (χ1) is 23.3. The zero-order valence-electron chi connectivity index (χ0n) is 25.6. The van der Waals surface area contributed by atoms with Crippen molar-refractivity contribution in [3.8, 4) is 22.3 Å². The molecule has 0 fully saturated rings. The Morgan fingerprint density at radius 3 is 1.66 bits per heavy atom. The summed E-state index contributed by atoms with van der Waals surface area (Å²) in [6.07, 6.45) is 2.95. The van der Waals surface area contributed by atoms with Gasteiger partial charge >= 0.3 is 0 Å². The first-order valence-electron chi connectivity index (χ1n) is 16.5. The maximum atomic E-state index is 14.8. The lowest BCUT2D eigenvalue weighted by Gasteiger charge is -2.19. The number of hydrogen-bond donors (Lipinski definition) is 0. The summed E-state index contributed by atoms with van der Waals surface area (Å²) in [5.41, 5.74) is 7.25. The van der Waals surface area contributed by atoms with E-state index in [1.54, 1.807) is 6.08 Å². The molecule has 0 spiro atoms. The summed E-state index contributed by atoms with van der Waals surface area (Å²) in [6.45, 7) is 0. The molecule has 0 saturated carbocycles. The molecule has 10 aromatic rings. The van der Waals surface area contributed by atoms with Crippen LogP contribution in [-0.4, -0.2) is 0 Å². The minimum Gasteiger partial charge on any atom is -0.212 e.